The lowest BCUT2D eigenvalue weighted by Crippen LogP contribution is -2.45. The van der Waals surface area contributed by atoms with E-state index in [1.165, 1.54) is 0 Å². The Bertz CT molecular complexity index is 532. The fourth-order valence-corrected chi connectivity index (χ4v) is 3.06. The molecule has 22 heavy (non-hydrogen) atoms. The van der Waals surface area contributed by atoms with Crippen LogP contribution >= 0.6 is 0 Å². The fourth-order valence-electron chi connectivity index (χ4n) is 3.06. The number of hydrogen-bond donors (Lipinski definition) is 2. The van der Waals surface area contributed by atoms with Crippen molar-refractivity contribution in [1.82, 2.24) is 5.32 Å². The molecular weight excluding hydrogens is 270 g/mol. The number of aliphatic hydroxyl groups is 1. The van der Waals surface area contributed by atoms with E-state index in [1.807, 2.05) is 60.7 Å². The molecule has 0 aliphatic rings. The average Bonchev–Trinajstić information content (AvgIpc) is 2.47. The summed E-state index contributed by atoms with van der Waals surface area (Å²) in [5.74, 6) is 0. The lowest BCUT2D eigenvalue weighted by molar-refractivity contribution is 0.0577. The van der Waals surface area contributed by atoms with Crippen LogP contribution in [0, 0.1) is 0 Å². The Morgan fingerprint density at radius 2 is 1.27 bits per heavy atom. The minimum absolute atomic E-state index is 0.0215. The summed E-state index contributed by atoms with van der Waals surface area (Å²) in [5.41, 5.74) is 0.904. The molecule has 118 valence electrons. The van der Waals surface area contributed by atoms with Crippen molar-refractivity contribution in [2.24, 2.45) is 0 Å². The second-order valence-electron chi connectivity index (χ2n) is 7.09. The van der Waals surface area contributed by atoms with Crippen molar-refractivity contribution >= 4 is 0 Å². The highest BCUT2D eigenvalue weighted by Gasteiger charge is 2.33. The molecule has 2 heteroatoms. The predicted octanol–water partition coefficient (Wildman–Crippen LogP) is 4.09. The average molecular weight is 297 g/mol. The molecule has 2 N–H and O–H groups in total. The molecular formula is C20H27NO. The highest BCUT2D eigenvalue weighted by Crippen LogP contribution is 2.34. The van der Waals surface area contributed by atoms with Crippen LogP contribution in [0.2, 0.25) is 0 Å². The maximum atomic E-state index is 11.5. The van der Waals surface area contributed by atoms with Crippen LogP contribution in [0.3, 0.4) is 0 Å². The molecule has 0 heterocycles. The first-order valence-corrected chi connectivity index (χ1v) is 7.92. The predicted molar refractivity (Wildman–Crippen MR) is 92.9 cm³/mol. The van der Waals surface area contributed by atoms with E-state index in [4.69, 9.17) is 0 Å². The summed E-state index contributed by atoms with van der Waals surface area (Å²) >= 11 is 0. The first-order valence-electron chi connectivity index (χ1n) is 7.92. The van der Waals surface area contributed by atoms with Crippen LogP contribution in [0.4, 0.5) is 0 Å². The van der Waals surface area contributed by atoms with Crippen molar-refractivity contribution in [2.75, 3.05) is 0 Å². The monoisotopic (exact) mass is 297 g/mol. The number of rotatable bonds is 5. The van der Waals surface area contributed by atoms with Crippen molar-refractivity contribution in [3.63, 3.8) is 0 Å². The van der Waals surface area contributed by atoms with Gasteiger partial charge in [-0.3, -0.25) is 0 Å². The van der Waals surface area contributed by atoms with Crippen LogP contribution in [0.5, 0.6) is 0 Å². The molecule has 0 amide bonds. The molecule has 0 aliphatic heterocycles. The lowest BCUT2D eigenvalue weighted by Gasteiger charge is -2.35. The van der Waals surface area contributed by atoms with E-state index in [1.54, 1.807) is 0 Å². The van der Waals surface area contributed by atoms with Crippen molar-refractivity contribution in [3.8, 4) is 0 Å². The highest BCUT2D eigenvalue weighted by atomic mass is 16.3. The van der Waals surface area contributed by atoms with Gasteiger partial charge < -0.3 is 10.4 Å². The summed E-state index contributed by atoms with van der Waals surface area (Å²) in [6.07, 6.45) is 0.623. The number of hydrogen-bond acceptors (Lipinski definition) is 2. The topological polar surface area (TPSA) is 32.3 Å². The molecule has 2 rings (SSSR count). The molecule has 2 aromatic rings. The fraction of sp³-hybridized carbons (Fsp3) is 0.400. The summed E-state index contributed by atoms with van der Waals surface area (Å²) in [4.78, 5) is 0. The second-order valence-corrected chi connectivity index (χ2v) is 7.09. The molecule has 0 fully saturated rings. The molecule has 0 aliphatic carbocycles. The number of nitrogens with one attached hydrogen (secondary N) is 1. The van der Waals surface area contributed by atoms with Crippen molar-refractivity contribution in [1.29, 1.82) is 0 Å². The van der Waals surface area contributed by atoms with Gasteiger partial charge in [0.05, 0.1) is 0 Å². The minimum atomic E-state index is -0.986. The molecule has 0 saturated carbocycles. The molecule has 0 saturated heterocycles. The van der Waals surface area contributed by atoms with E-state index in [-0.39, 0.29) is 11.6 Å². The van der Waals surface area contributed by atoms with Gasteiger partial charge in [-0.2, -0.15) is 0 Å². The van der Waals surface area contributed by atoms with Crippen molar-refractivity contribution < 1.29 is 5.11 Å². The third-order valence-corrected chi connectivity index (χ3v) is 3.78. The summed E-state index contributed by atoms with van der Waals surface area (Å²) in [6.45, 7) is 8.57. The van der Waals surface area contributed by atoms with Crippen LogP contribution in [0.1, 0.15) is 45.2 Å². The maximum Gasteiger partial charge on any atom is 0.116 e. The molecule has 2 aromatic carbocycles. The van der Waals surface area contributed by atoms with E-state index in [9.17, 15) is 5.11 Å². The van der Waals surface area contributed by atoms with Gasteiger partial charge in [0.1, 0.15) is 5.60 Å². The van der Waals surface area contributed by atoms with Crippen LogP contribution in [-0.2, 0) is 5.60 Å². The third kappa shape index (κ3) is 4.19. The highest BCUT2D eigenvalue weighted by molar-refractivity contribution is 5.36. The van der Waals surface area contributed by atoms with Gasteiger partial charge in [0.2, 0.25) is 0 Å². The molecule has 0 spiro atoms. The largest absolute Gasteiger partial charge is 0.380 e. The first-order chi connectivity index (χ1) is 10.3. The van der Waals surface area contributed by atoms with Gasteiger partial charge in [0.15, 0.2) is 0 Å². The zero-order valence-electron chi connectivity index (χ0n) is 14.0. The van der Waals surface area contributed by atoms with Crippen LogP contribution < -0.4 is 5.32 Å². The lowest BCUT2D eigenvalue weighted by atomic mass is 9.81. The summed E-state index contributed by atoms with van der Waals surface area (Å²) < 4.78 is 0. The van der Waals surface area contributed by atoms with Crippen molar-refractivity contribution in [3.05, 3.63) is 71.8 Å². The van der Waals surface area contributed by atoms with Gasteiger partial charge in [-0.05, 0) is 45.2 Å². The van der Waals surface area contributed by atoms with Crippen LogP contribution in [0.15, 0.2) is 60.7 Å². The normalized spacial score (nSPS) is 13.9. The summed E-state index contributed by atoms with van der Waals surface area (Å²) in [5, 5.41) is 15.0. The SMILES string of the molecule is C[C@@H](CC(O)(c1ccccc1)c1ccccc1)NC(C)(C)C. The molecule has 0 unspecified atom stereocenters. The second kappa shape index (κ2) is 6.64. The molecule has 2 nitrogen and oxygen atoms in total. The van der Waals surface area contributed by atoms with E-state index in [0.717, 1.165) is 11.1 Å². The first kappa shape index (κ1) is 16.7. The van der Waals surface area contributed by atoms with E-state index < -0.39 is 5.60 Å². The molecule has 0 bridgehead atoms. The quantitative estimate of drug-likeness (QED) is 0.871. The molecule has 1 atom stereocenters. The van der Waals surface area contributed by atoms with Gasteiger partial charge >= 0.3 is 0 Å². The number of benzene rings is 2. The zero-order chi connectivity index (χ0) is 16.2. The van der Waals surface area contributed by atoms with Crippen molar-refractivity contribution in [2.45, 2.75) is 51.3 Å². The molecule has 0 aromatic heterocycles. The van der Waals surface area contributed by atoms with Gasteiger partial charge in [0.25, 0.3) is 0 Å². The Kier molecular flexibility index (Phi) is 5.05. The van der Waals surface area contributed by atoms with Crippen LogP contribution in [-0.4, -0.2) is 16.7 Å². The van der Waals surface area contributed by atoms with Gasteiger partial charge in [-0.15, -0.1) is 0 Å². The Hall–Kier alpha value is -1.64. The van der Waals surface area contributed by atoms with E-state index >= 15 is 0 Å². The van der Waals surface area contributed by atoms with Crippen LogP contribution in [0.25, 0.3) is 0 Å². The minimum Gasteiger partial charge on any atom is -0.380 e. The Morgan fingerprint density at radius 3 is 1.64 bits per heavy atom. The van der Waals surface area contributed by atoms with Gasteiger partial charge in [0, 0.05) is 11.6 Å². The Labute approximate surface area is 134 Å². The molecule has 0 radical (unpaired) electrons. The van der Waals surface area contributed by atoms with Gasteiger partial charge in [-0.25, -0.2) is 0 Å². The summed E-state index contributed by atoms with van der Waals surface area (Å²) in [6, 6.07) is 20.0. The maximum absolute atomic E-state index is 11.5. The Morgan fingerprint density at radius 1 is 0.864 bits per heavy atom. The Balaban J connectivity index is 2.35. The van der Waals surface area contributed by atoms with E-state index in [0.29, 0.717) is 6.42 Å². The smallest absolute Gasteiger partial charge is 0.116 e. The zero-order valence-corrected chi connectivity index (χ0v) is 14.0. The van der Waals surface area contributed by atoms with E-state index in [2.05, 4.69) is 33.0 Å². The van der Waals surface area contributed by atoms with Gasteiger partial charge in [-0.1, -0.05) is 60.7 Å². The third-order valence-electron chi connectivity index (χ3n) is 3.78. The standard InChI is InChI=1S/C20H27NO/c1-16(21-19(2,3)4)15-20(22,17-11-7-5-8-12-17)18-13-9-6-10-14-18/h5-14,16,21-22H,15H2,1-4H3/t16-/m0/s1. The summed E-state index contributed by atoms with van der Waals surface area (Å²) in [7, 11) is 0.